The monoisotopic (exact) mass is 341 g/mol. The Morgan fingerprint density at radius 3 is 2.84 bits per heavy atom. The highest BCUT2D eigenvalue weighted by molar-refractivity contribution is 5.94. The van der Waals surface area contributed by atoms with Crippen molar-refractivity contribution in [1.82, 2.24) is 9.88 Å². The van der Waals surface area contributed by atoms with Gasteiger partial charge in [-0.05, 0) is 23.8 Å². The van der Waals surface area contributed by atoms with E-state index in [1.54, 1.807) is 17.3 Å². The van der Waals surface area contributed by atoms with Crippen LogP contribution in [0.4, 0.5) is 5.69 Å². The van der Waals surface area contributed by atoms with Gasteiger partial charge >= 0.3 is 0 Å². The maximum Gasteiger partial charge on any atom is 0.255 e. The molecule has 3 heterocycles. The number of nitrogens with one attached hydrogen (secondary N) is 1. The van der Waals surface area contributed by atoms with Gasteiger partial charge in [0.15, 0.2) is 11.5 Å². The molecule has 7 heteroatoms. The predicted octanol–water partition coefficient (Wildman–Crippen LogP) is 1.89. The van der Waals surface area contributed by atoms with Gasteiger partial charge in [-0.1, -0.05) is 6.07 Å². The number of rotatable bonds is 4. The zero-order chi connectivity index (χ0) is 17.1. The Labute approximate surface area is 145 Å². The summed E-state index contributed by atoms with van der Waals surface area (Å²) in [4.78, 5) is 18.5. The number of aromatic nitrogens is 1. The minimum Gasteiger partial charge on any atom is -0.454 e. The molecule has 2 aliphatic heterocycles. The van der Waals surface area contributed by atoms with Crippen molar-refractivity contribution in [2.45, 2.75) is 6.54 Å². The van der Waals surface area contributed by atoms with Crippen molar-refractivity contribution in [1.29, 1.82) is 0 Å². The van der Waals surface area contributed by atoms with Crippen molar-refractivity contribution in [2.75, 3.05) is 38.4 Å². The van der Waals surface area contributed by atoms with Crippen molar-refractivity contribution in [3.05, 3.63) is 47.8 Å². The second-order valence-electron chi connectivity index (χ2n) is 5.91. The highest BCUT2D eigenvalue weighted by Crippen LogP contribution is 2.32. The van der Waals surface area contributed by atoms with Crippen LogP contribution in [0.1, 0.15) is 15.9 Å². The average molecular weight is 341 g/mol. The molecule has 0 bridgehead atoms. The van der Waals surface area contributed by atoms with Gasteiger partial charge in [-0.2, -0.15) is 0 Å². The number of amides is 1. The van der Waals surface area contributed by atoms with Gasteiger partial charge in [0.25, 0.3) is 5.91 Å². The maximum atomic E-state index is 12.5. The minimum atomic E-state index is -0.0115. The third kappa shape index (κ3) is 3.51. The number of morpholine rings is 1. The molecule has 1 amide bonds. The second kappa shape index (κ2) is 6.98. The van der Waals surface area contributed by atoms with Gasteiger partial charge in [0.05, 0.1) is 24.5 Å². The van der Waals surface area contributed by atoms with E-state index >= 15 is 0 Å². The molecular formula is C18H19N3O4. The van der Waals surface area contributed by atoms with Crippen molar-refractivity contribution < 1.29 is 19.0 Å². The fraction of sp³-hybridized carbons (Fsp3) is 0.333. The van der Waals surface area contributed by atoms with Crippen LogP contribution in [0.5, 0.6) is 11.5 Å². The number of nitrogens with zero attached hydrogens (tertiary/aromatic N) is 2. The molecule has 2 aromatic rings. The largest absolute Gasteiger partial charge is 0.454 e. The lowest BCUT2D eigenvalue weighted by molar-refractivity contribution is 0.0302. The summed E-state index contributed by atoms with van der Waals surface area (Å²) in [5, 5.41) is 3.30. The molecule has 0 aliphatic carbocycles. The number of carbonyl (C=O) groups excluding carboxylic acids is 1. The van der Waals surface area contributed by atoms with Gasteiger partial charge in [-0.25, -0.2) is 0 Å². The maximum absolute atomic E-state index is 12.5. The Balaban J connectivity index is 1.42. The Morgan fingerprint density at radius 1 is 1.12 bits per heavy atom. The summed E-state index contributed by atoms with van der Waals surface area (Å²) < 4.78 is 16.0. The Morgan fingerprint density at radius 2 is 1.96 bits per heavy atom. The fourth-order valence-electron chi connectivity index (χ4n) is 2.86. The van der Waals surface area contributed by atoms with E-state index in [1.807, 2.05) is 24.3 Å². The van der Waals surface area contributed by atoms with E-state index in [1.165, 1.54) is 0 Å². The lowest BCUT2D eigenvalue weighted by Gasteiger charge is -2.26. The molecule has 25 heavy (non-hydrogen) atoms. The molecule has 0 unspecified atom stereocenters. The van der Waals surface area contributed by atoms with E-state index in [0.717, 1.165) is 22.7 Å². The van der Waals surface area contributed by atoms with E-state index < -0.39 is 0 Å². The summed E-state index contributed by atoms with van der Waals surface area (Å²) in [6, 6.07) is 7.66. The van der Waals surface area contributed by atoms with Crippen molar-refractivity contribution in [2.24, 2.45) is 0 Å². The first-order chi connectivity index (χ1) is 12.3. The van der Waals surface area contributed by atoms with Gasteiger partial charge in [0.1, 0.15) is 0 Å². The minimum absolute atomic E-state index is 0.0115. The van der Waals surface area contributed by atoms with Crippen molar-refractivity contribution in [3.8, 4) is 11.5 Å². The highest BCUT2D eigenvalue weighted by atomic mass is 16.7. The number of hydrogen-bond acceptors (Lipinski definition) is 6. The number of hydrogen-bond donors (Lipinski definition) is 1. The van der Waals surface area contributed by atoms with E-state index in [0.29, 0.717) is 38.4 Å². The van der Waals surface area contributed by atoms with Crippen LogP contribution in [-0.4, -0.2) is 48.9 Å². The van der Waals surface area contributed by atoms with Gasteiger partial charge in [0.2, 0.25) is 6.79 Å². The predicted molar refractivity (Wildman–Crippen MR) is 90.9 cm³/mol. The first-order valence-corrected chi connectivity index (χ1v) is 8.24. The van der Waals surface area contributed by atoms with Crippen molar-refractivity contribution in [3.63, 3.8) is 0 Å². The molecule has 1 aromatic carbocycles. The normalized spacial score (nSPS) is 15.9. The number of carbonyl (C=O) groups is 1. The molecule has 0 radical (unpaired) electrons. The lowest BCUT2D eigenvalue weighted by atomic mass is 10.2. The molecule has 1 saturated heterocycles. The van der Waals surface area contributed by atoms with Crippen LogP contribution >= 0.6 is 0 Å². The molecule has 2 aliphatic rings. The van der Waals surface area contributed by atoms with Gasteiger partial charge in [0, 0.05) is 32.0 Å². The summed E-state index contributed by atoms with van der Waals surface area (Å²) in [5.41, 5.74) is 2.45. The third-order valence-corrected chi connectivity index (χ3v) is 4.22. The number of pyridine rings is 1. The summed E-state index contributed by atoms with van der Waals surface area (Å²) >= 11 is 0. The first-order valence-electron chi connectivity index (χ1n) is 8.24. The number of benzene rings is 1. The summed E-state index contributed by atoms with van der Waals surface area (Å²) in [7, 11) is 0. The first kappa shape index (κ1) is 15.7. The molecular weight excluding hydrogens is 322 g/mol. The molecule has 0 atom stereocenters. The quantitative estimate of drug-likeness (QED) is 0.916. The Kier molecular flexibility index (Phi) is 4.39. The molecule has 7 nitrogen and oxygen atoms in total. The zero-order valence-corrected chi connectivity index (χ0v) is 13.7. The number of fused-ring (bicyclic) bond motifs is 1. The lowest BCUT2D eigenvalue weighted by Crippen LogP contribution is -2.40. The zero-order valence-electron chi connectivity index (χ0n) is 13.7. The molecule has 1 N–H and O–H groups in total. The van der Waals surface area contributed by atoms with Crippen LogP contribution in [0.3, 0.4) is 0 Å². The average Bonchev–Trinajstić information content (AvgIpc) is 3.14. The van der Waals surface area contributed by atoms with Crippen LogP contribution in [0, 0.1) is 0 Å². The fourth-order valence-corrected chi connectivity index (χ4v) is 2.86. The van der Waals surface area contributed by atoms with Crippen LogP contribution in [0.25, 0.3) is 0 Å². The van der Waals surface area contributed by atoms with E-state index in [2.05, 4.69) is 10.3 Å². The molecule has 130 valence electrons. The van der Waals surface area contributed by atoms with Crippen LogP contribution < -0.4 is 14.8 Å². The van der Waals surface area contributed by atoms with Gasteiger partial charge < -0.3 is 24.4 Å². The summed E-state index contributed by atoms with van der Waals surface area (Å²) in [6.45, 7) is 3.28. The third-order valence-electron chi connectivity index (χ3n) is 4.22. The highest BCUT2D eigenvalue weighted by Gasteiger charge is 2.19. The molecule has 1 fully saturated rings. The van der Waals surface area contributed by atoms with Crippen molar-refractivity contribution >= 4 is 11.6 Å². The number of ether oxygens (including phenoxy) is 3. The second-order valence-corrected chi connectivity index (χ2v) is 5.91. The van der Waals surface area contributed by atoms with Gasteiger partial charge in [-0.15, -0.1) is 0 Å². The van der Waals surface area contributed by atoms with E-state index in [4.69, 9.17) is 14.2 Å². The Bertz CT molecular complexity index is 775. The van der Waals surface area contributed by atoms with Gasteiger partial charge in [-0.3, -0.25) is 9.78 Å². The van der Waals surface area contributed by atoms with E-state index in [-0.39, 0.29) is 12.7 Å². The molecule has 4 rings (SSSR count). The van der Waals surface area contributed by atoms with Crippen LogP contribution in [0.15, 0.2) is 36.7 Å². The van der Waals surface area contributed by atoms with Crippen LogP contribution in [-0.2, 0) is 11.3 Å². The Hall–Kier alpha value is -2.80. The smallest absolute Gasteiger partial charge is 0.255 e. The number of anilines is 1. The standard InChI is InChI=1S/C18H19N3O4/c22-18(21-3-5-23-6-4-21)14-8-15(11-19-10-14)20-9-13-1-2-16-17(7-13)25-12-24-16/h1-2,7-8,10-11,20H,3-6,9,12H2. The summed E-state index contributed by atoms with van der Waals surface area (Å²) in [5.74, 6) is 1.51. The topological polar surface area (TPSA) is 72.9 Å². The molecule has 0 spiro atoms. The summed E-state index contributed by atoms with van der Waals surface area (Å²) in [6.07, 6.45) is 3.31. The molecule has 0 saturated carbocycles. The molecule has 1 aromatic heterocycles. The van der Waals surface area contributed by atoms with Crippen LogP contribution in [0.2, 0.25) is 0 Å². The SMILES string of the molecule is O=C(c1cncc(NCc2ccc3c(c2)OCO3)c1)N1CCOCC1. The van der Waals surface area contributed by atoms with E-state index in [9.17, 15) is 4.79 Å².